The summed E-state index contributed by atoms with van der Waals surface area (Å²) in [5, 5.41) is 3.91. The van der Waals surface area contributed by atoms with Gasteiger partial charge in [0.05, 0.1) is 16.3 Å². The first-order chi connectivity index (χ1) is 18.5. The maximum absolute atomic E-state index is 13.2. The van der Waals surface area contributed by atoms with E-state index in [9.17, 15) is 4.79 Å². The fourth-order valence-electron chi connectivity index (χ4n) is 5.37. The molecule has 0 amide bonds. The zero-order valence-electron chi connectivity index (χ0n) is 22.0. The smallest absolute Gasteiger partial charge is 0.340 e. The van der Waals surface area contributed by atoms with Gasteiger partial charge in [0.15, 0.2) is 5.60 Å². The molecule has 0 radical (unpaired) electrons. The van der Waals surface area contributed by atoms with Crippen LogP contribution in [0.1, 0.15) is 73.0 Å². The zero-order valence-corrected chi connectivity index (χ0v) is 23.5. The second kappa shape index (κ2) is 11.5. The molecule has 0 aromatic heterocycles. The van der Waals surface area contributed by atoms with Crippen LogP contribution in [0.3, 0.4) is 0 Å². The molecule has 2 aliphatic heterocycles. The van der Waals surface area contributed by atoms with Gasteiger partial charge < -0.3 is 19.7 Å². The van der Waals surface area contributed by atoms with Crippen LogP contribution in [0.4, 0.5) is 11.4 Å². The number of rotatable bonds is 11. The highest BCUT2D eigenvalue weighted by molar-refractivity contribution is 6.33. The van der Waals surface area contributed by atoms with Gasteiger partial charge in [0.25, 0.3) is 0 Å². The van der Waals surface area contributed by atoms with E-state index in [1.807, 2.05) is 36.4 Å². The van der Waals surface area contributed by atoms with Crippen molar-refractivity contribution in [3.63, 3.8) is 0 Å². The number of nitrogens with zero attached hydrogens (tertiary/aromatic N) is 1. The summed E-state index contributed by atoms with van der Waals surface area (Å²) in [6.45, 7) is 7.07. The predicted octanol–water partition coefficient (Wildman–Crippen LogP) is 8.36. The quantitative estimate of drug-likeness (QED) is 0.147. The molecular formula is C31H34Cl2N2O3. The summed E-state index contributed by atoms with van der Waals surface area (Å²) < 4.78 is 12.9. The SMILES string of the molecule is CCCCN(CCCC)c1ccc2c(c1)Oc1cc(Cl)c(NCCCCl)cc1C21OC(=O)c2ccccc21. The first kappa shape index (κ1) is 26.7. The van der Waals surface area contributed by atoms with Gasteiger partial charge in [-0.3, -0.25) is 0 Å². The Bertz CT molecular complexity index is 1320. The Morgan fingerprint density at radius 2 is 1.63 bits per heavy atom. The minimum Gasteiger partial charge on any atom is -0.456 e. The molecule has 1 N–H and O–H groups in total. The maximum Gasteiger partial charge on any atom is 0.340 e. The standard InChI is InChI=1S/C31H34Cl2N2O3/c1-3-5-16-35(17-6-4-2)21-12-13-24-28(18-21)37-29-20-26(33)27(34-15-9-14-32)19-25(29)31(24)23-11-8-7-10-22(23)30(36)38-31/h7-8,10-13,18-20,34H,3-6,9,14-17H2,1-2H3. The highest BCUT2D eigenvalue weighted by Crippen LogP contribution is 2.57. The van der Waals surface area contributed by atoms with Crippen LogP contribution >= 0.6 is 23.2 Å². The van der Waals surface area contributed by atoms with Gasteiger partial charge in [0, 0.05) is 60.0 Å². The third-order valence-corrected chi connectivity index (χ3v) is 7.92. The average Bonchev–Trinajstić information content (AvgIpc) is 3.22. The number of ether oxygens (including phenoxy) is 2. The molecule has 38 heavy (non-hydrogen) atoms. The third kappa shape index (κ3) is 4.71. The molecule has 5 nitrogen and oxygen atoms in total. The molecule has 1 atom stereocenters. The molecule has 0 aliphatic carbocycles. The number of fused-ring (bicyclic) bond motifs is 6. The van der Waals surface area contributed by atoms with Crippen LogP contribution in [0.25, 0.3) is 0 Å². The molecule has 3 aromatic carbocycles. The summed E-state index contributed by atoms with van der Waals surface area (Å²) >= 11 is 12.6. The number of carbonyl (C=O) groups is 1. The van der Waals surface area contributed by atoms with E-state index in [0.717, 1.165) is 73.3 Å². The molecule has 200 valence electrons. The predicted molar refractivity (Wildman–Crippen MR) is 156 cm³/mol. The van der Waals surface area contributed by atoms with Gasteiger partial charge in [0.2, 0.25) is 0 Å². The lowest BCUT2D eigenvalue weighted by Gasteiger charge is -2.37. The van der Waals surface area contributed by atoms with E-state index >= 15 is 0 Å². The Balaban J connectivity index is 1.66. The van der Waals surface area contributed by atoms with Crippen molar-refractivity contribution in [3.8, 4) is 11.5 Å². The summed E-state index contributed by atoms with van der Waals surface area (Å²) in [7, 11) is 0. The van der Waals surface area contributed by atoms with Crippen molar-refractivity contribution in [2.45, 2.75) is 51.6 Å². The molecule has 1 unspecified atom stereocenters. The number of esters is 1. The van der Waals surface area contributed by atoms with Gasteiger partial charge in [-0.05, 0) is 43.5 Å². The highest BCUT2D eigenvalue weighted by atomic mass is 35.5. The van der Waals surface area contributed by atoms with Gasteiger partial charge in [0.1, 0.15) is 11.5 Å². The molecule has 2 heterocycles. The summed E-state index contributed by atoms with van der Waals surface area (Å²) in [4.78, 5) is 15.6. The van der Waals surface area contributed by atoms with Crippen molar-refractivity contribution in [1.29, 1.82) is 0 Å². The molecular weight excluding hydrogens is 519 g/mol. The monoisotopic (exact) mass is 552 g/mol. The van der Waals surface area contributed by atoms with E-state index < -0.39 is 5.60 Å². The Labute approximate surface area is 235 Å². The zero-order chi connectivity index (χ0) is 26.7. The summed E-state index contributed by atoms with van der Waals surface area (Å²) in [6, 6.07) is 17.6. The van der Waals surface area contributed by atoms with Crippen LogP contribution in [0.15, 0.2) is 54.6 Å². The fourth-order valence-corrected chi connectivity index (χ4v) is 5.73. The van der Waals surface area contributed by atoms with Crippen molar-refractivity contribution in [1.82, 2.24) is 0 Å². The molecule has 1 spiro atoms. The average molecular weight is 554 g/mol. The summed E-state index contributed by atoms with van der Waals surface area (Å²) in [5.74, 6) is 1.47. The molecule has 0 saturated heterocycles. The van der Waals surface area contributed by atoms with Crippen molar-refractivity contribution >= 4 is 40.5 Å². The molecule has 0 saturated carbocycles. The van der Waals surface area contributed by atoms with Crippen LogP contribution in [-0.2, 0) is 10.3 Å². The number of carbonyl (C=O) groups excluding carboxylic acids is 1. The Morgan fingerprint density at radius 3 is 2.37 bits per heavy atom. The Hall–Kier alpha value is -2.89. The van der Waals surface area contributed by atoms with Crippen LogP contribution in [0.2, 0.25) is 5.02 Å². The Kier molecular flexibility index (Phi) is 8.06. The lowest BCUT2D eigenvalue weighted by molar-refractivity contribution is 0.0224. The minimum atomic E-state index is -1.12. The number of anilines is 2. The molecule has 3 aromatic rings. The van der Waals surface area contributed by atoms with Gasteiger partial charge >= 0.3 is 5.97 Å². The van der Waals surface area contributed by atoms with Crippen LogP contribution in [-0.4, -0.2) is 31.5 Å². The lowest BCUT2D eigenvalue weighted by Crippen LogP contribution is -2.33. The van der Waals surface area contributed by atoms with Gasteiger partial charge in [-0.2, -0.15) is 0 Å². The maximum atomic E-state index is 13.2. The molecule has 5 rings (SSSR count). The largest absolute Gasteiger partial charge is 0.456 e. The Morgan fingerprint density at radius 1 is 0.895 bits per heavy atom. The molecule has 7 heteroatoms. The van der Waals surface area contributed by atoms with Crippen molar-refractivity contribution in [2.24, 2.45) is 0 Å². The fraction of sp³-hybridized carbons (Fsp3) is 0.387. The number of hydrogen-bond acceptors (Lipinski definition) is 5. The lowest BCUT2D eigenvalue weighted by atomic mass is 9.77. The van der Waals surface area contributed by atoms with Crippen molar-refractivity contribution in [3.05, 3.63) is 81.9 Å². The number of hydrogen-bond donors (Lipinski definition) is 1. The molecule has 2 aliphatic rings. The number of alkyl halides is 1. The number of halogens is 2. The van der Waals surface area contributed by atoms with E-state index in [-0.39, 0.29) is 5.97 Å². The van der Waals surface area contributed by atoms with E-state index in [0.29, 0.717) is 34.5 Å². The molecule has 0 fully saturated rings. The topological polar surface area (TPSA) is 50.8 Å². The first-order valence-corrected chi connectivity index (χ1v) is 14.5. The summed E-state index contributed by atoms with van der Waals surface area (Å²) in [5.41, 5.74) is 3.67. The summed E-state index contributed by atoms with van der Waals surface area (Å²) in [6.07, 6.45) is 5.30. The first-order valence-electron chi connectivity index (χ1n) is 13.6. The van der Waals surface area contributed by atoms with Crippen LogP contribution < -0.4 is 15.0 Å². The van der Waals surface area contributed by atoms with E-state index in [1.54, 1.807) is 0 Å². The second-order valence-corrected chi connectivity index (χ2v) is 10.7. The van der Waals surface area contributed by atoms with E-state index in [4.69, 9.17) is 32.7 Å². The van der Waals surface area contributed by atoms with Gasteiger partial charge in [-0.25, -0.2) is 4.79 Å². The van der Waals surface area contributed by atoms with Crippen LogP contribution in [0.5, 0.6) is 11.5 Å². The minimum absolute atomic E-state index is 0.345. The molecule has 0 bridgehead atoms. The van der Waals surface area contributed by atoms with Gasteiger partial charge in [-0.15, -0.1) is 11.6 Å². The number of benzene rings is 3. The number of unbranched alkanes of at least 4 members (excludes halogenated alkanes) is 2. The van der Waals surface area contributed by atoms with Crippen molar-refractivity contribution in [2.75, 3.05) is 35.7 Å². The van der Waals surface area contributed by atoms with E-state index in [2.05, 4.69) is 42.3 Å². The second-order valence-electron chi connectivity index (χ2n) is 9.89. The third-order valence-electron chi connectivity index (χ3n) is 7.34. The van der Waals surface area contributed by atoms with E-state index in [1.165, 1.54) is 0 Å². The van der Waals surface area contributed by atoms with Crippen molar-refractivity contribution < 1.29 is 14.3 Å². The number of nitrogens with one attached hydrogen (secondary N) is 1. The van der Waals surface area contributed by atoms with Gasteiger partial charge in [-0.1, -0.05) is 56.5 Å². The highest BCUT2D eigenvalue weighted by Gasteiger charge is 2.53. The van der Waals surface area contributed by atoms with Crippen LogP contribution in [0, 0.1) is 0 Å². The normalized spacial score (nSPS) is 16.9.